The Hall–Kier alpha value is -3.08. The van der Waals surface area contributed by atoms with Gasteiger partial charge in [-0.2, -0.15) is 0 Å². The van der Waals surface area contributed by atoms with Crippen molar-refractivity contribution in [2.75, 3.05) is 13.7 Å². The number of hydrogen-bond acceptors (Lipinski definition) is 5. The molecule has 0 fully saturated rings. The highest BCUT2D eigenvalue weighted by molar-refractivity contribution is 6.06. The van der Waals surface area contributed by atoms with Crippen molar-refractivity contribution in [3.8, 4) is 11.5 Å². The second kappa shape index (κ2) is 8.85. The van der Waals surface area contributed by atoms with E-state index in [1.54, 1.807) is 24.3 Å². The second-order valence-electron chi connectivity index (χ2n) is 6.05. The van der Waals surface area contributed by atoms with E-state index in [9.17, 15) is 14.7 Å². The predicted molar refractivity (Wildman–Crippen MR) is 97.4 cm³/mol. The van der Waals surface area contributed by atoms with Crippen LogP contribution in [0.3, 0.4) is 0 Å². The largest absolute Gasteiger partial charge is 0.546 e. The molecule has 0 bridgehead atoms. The van der Waals surface area contributed by atoms with Gasteiger partial charge in [0.15, 0.2) is 17.3 Å². The number of ether oxygens (including phenoxy) is 2. The lowest BCUT2D eigenvalue weighted by Crippen LogP contribution is -2.29. The van der Waals surface area contributed by atoms with Crippen LogP contribution in [0.25, 0.3) is 6.08 Å². The third kappa shape index (κ3) is 5.21. The number of hydrogen-bond donors (Lipinski definition) is 0. The third-order valence-corrected chi connectivity index (χ3v) is 3.82. The van der Waals surface area contributed by atoms with Gasteiger partial charge in [-0.1, -0.05) is 50.3 Å². The molecule has 2 rings (SSSR count). The molecule has 0 heterocycles. The Morgan fingerprint density at radius 3 is 2.35 bits per heavy atom. The van der Waals surface area contributed by atoms with Crippen LogP contribution in [-0.2, 0) is 4.79 Å². The van der Waals surface area contributed by atoms with Crippen LogP contribution in [0.2, 0.25) is 0 Å². The number of ketones is 1. The van der Waals surface area contributed by atoms with Crippen LogP contribution < -0.4 is 14.6 Å². The normalized spacial score (nSPS) is 10.9. The summed E-state index contributed by atoms with van der Waals surface area (Å²) in [5.74, 6) is -0.326. The number of rotatable bonds is 8. The Bertz CT molecular complexity index is 804. The molecule has 0 N–H and O–H groups in total. The van der Waals surface area contributed by atoms with Crippen LogP contribution in [0.15, 0.2) is 48.5 Å². The topological polar surface area (TPSA) is 75.7 Å². The van der Waals surface area contributed by atoms with Gasteiger partial charge in [0.25, 0.3) is 0 Å². The zero-order chi connectivity index (χ0) is 19.1. The molecule has 0 aliphatic heterocycles. The van der Waals surface area contributed by atoms with Gasteiger partial charge in [0.1, 0.15) is 6.61 Å². The van der Waals surface area contributed by atoms with Gasteiger partial charge in [0.05, 0.1) is 13.1 Å². The Kier molecular flexibility index (Phi) is 6.55. The fourth-order valence-corrected chi connectivity index (χ4v) is 2.34. The summed E-state index contributed by atoms with van der Waals surface area (Å²) >= 11 is 0. The van der Waals surface area contributed by atoms with E-state index in [4.69, 9.17) is 9.47 Å². The van der Waals surface area contributed by atoms with Crippen LogP contribution in [0, 0.1) is 0 Å². The summed E-state index contributed by atoms with van der Waals surface area (Å²) in [6.45, 7) is 3.64. The summed E-state index contributed by atoms with van der Waals surface area (Å²) in [7, 11) is 1.45. The maximum absolute atomic E-state index is 12.3. The average molecular weight is 353 g/mol. The van der Waals surface area contributed by atoms with Gasteiger partial charge < -0.3 is 19.4 Å². The Morgan fingerprint density at radius 2 is 1.77 bits per heavy atom. The highest BCUT2D eigenvalue weighted by Crippen LogP contribution is 2.28. The van der Waals surface area contributed by atoms with E-state index in [0.29, 0.717) is 23.0 Å². The SMILES string of the molecule is COc1cc(/C=C/C(=O)c2ccc(C(C)C)cc2)ccc1OCC(=O)[O-]. The lowest BCUT2D eigenvalue weighted by atomic mass is 10.0. The van der Waals surface area contributed by atoms with E-state index in [1.165, 1.54) is 18.7 Å². The first-order valence-corrected chi connectivity index (χ1v) is 8.23. The first kappa shape index (κ1) is 19.2. The molecule has 0 aliphatic carbocycles. The molecule has 0 amide bonds. The number of carbonyl (C=O) groups excluding carboxylic acids is 2. The van der Waals surface area contributed by atoms with Gasteiger partial charge in [-0.05, 0) is 35.3 Å². The zero-order valence-corrected chi connectivity index (χ0v) is 15.0. The molecule has 0 atom stereocenters. The molecule has 0 aliphatic rings. The molecule has 0 spiro atoms. The third-order valence-electron chi connectivity index (χ3n) is 3.82. The maximum atomic E-state index is 12.3. The molecule has 2 aromatic carbocycles. The number of allylic oxidation sites excluding steroid dienone is 1. The first-order valence-electron chi connectivity index (χ1n) is 8.23. The van der Waals surface area contributed by atoms with Crippen molar-refractivity contribution in [1.82, 2.24) is 0 Å². The Labute approximate surface area is 152 Å². The Morgan fingerprint density at radius 1 is 1.08 bits per heavy atom. The molecular formula is C21H21O5-. The number of aliphatic carboxylic acids is 1. The summed E-state index contributed by atoms with van der Waals surface area (Å²) in [5, 5.41) is 10.5. The van der Waals surface area contributed by atoms with E-state index >= 15 is 0 Å². The highest BCUT2D eigenvalue weighted by atomic mass is 16.5. The fourth-order valence-electron chi connectivity index (χ4n) is 2.34. The minimum Gasteiger partial charge on any atom is -0.546 e. The summed E-state index contributed by atoms with van der Waals surface area (Å²) in [6, 6.07) is 12.5. The molecule has 136 valence electrons. The molecule has 0 unspecified atom stereocenters. The van der Waals surface area contributed by atoms with Crippen molar-refractivity contribution >= 4 is 17.8 Å². The predicted octanol–water partition coefficient (Wildman–Crippen LogP) is 2.84. The molecule has 2 aromatic rings. The van der Waals surface area contributed by atoms with Crippen molar-refractivity contribution in [2.24, 2.45) is 0 Å². The van der Waals surface area contributed by atoms with E-state index in [0.717, 1.165) is 5.56 Å². The molecule has 0 saturated carbocycles. The van der Waals surface area contributed by atoms with Crippen molar-refractivity contribution in [2.45, 2.75) is 19.8 Å². The number of benzene rings is 2. The van der Waals surface area contributed by atoms with Crippen molar-refractivity contribution in [3.63, 3.8) is 0 Å². The van der Waals surface area contributed by atoms with Crippen LogP contribution >= 0.6 is 0 Å². The van der Waals surface area contributed by atoms with Crippen molar-refractivity contribution in [1.29, 1.82) is 0 Å². The lowest BCUT2D eigenvalue weighted by Gasteiger charge is -2.11. The minimum atomic E-state index is -1.31. The fraction of sp³-hybridized carbons (Fsp3) is 0.238. The van der Waals surface area contributed by atoms with Crippen LogP contribution in [0.1, 0.15) is 41.3 Å². The van der Waals surface area contributed by atoms with E-state index in [2.05, 4.69) is 13.8 Å². The molecular weight excluding hydrogens is 332 g/mol. The van der Waals surface area contributed by atoms with Crippen molar-refractivity contribution < 1.29 is 24.2 Å². The number of carbonyl (C=O) groups is 2. The maximum Gasteiger partial charge on any atom is 0.185 e. The standard InChI is InChI=1S/C21H22O5/c1-14(2)16-6-8-17(9-7-16)18(22)10-4-15-5-11-19(20(12-15)25-3)26-13-21(23)24/h4-12,14H,13H2,1-3H3,(H,23,24)/p-1/b10-4+. The van der Waals surface area contributed by atoms with E-state index in [-0.39, 0.29) is 5.78 Å². The highest BCUT2D eigenvalue weighted by Gasteiger charge is 2.06. The second-order valence-corrected chi connectivity index (χ2v) is 6.05. The molecule has 0 radical (unpaired) electrons. The van der Waals surface area contributed by atoms with Crippen LogP contribution in [0.5, 0.6) is 11.5 Å². The molecule has 0 saturated heterocycles. The Balaban J connectivity index is 2.11. The molecule has 0 aromatic heterocycles. The number of carboxylic acid groups (broad SMARTS) is 1. The van der Waals surface area contributed by atoms with Gasteiger partial charge in [-0.25, -0.2) is 0 Å². The van der Waals surface area contributed by atoms with Gasteiger partial charge in [-0.15, -0.1) is 0 Å². The first-order chi connectivity index (χ1) is 12.4. The van der Waals surface area contributed by atoms with Gasteiger partial charge in [-0.3, -0.25) is 4.79 Å². The molecule has 5 heteroatoms. The summed E-state index contributed by atoms with van der Waals surface area (Å²) in [6.07, 6.45) is 3.16. The van der Waals surface area contributed by atoms with E-state index < -0.39 is 12.6 Å². The smallest absolute Gasteiger partial charge is 0.185 e. The molecule has 5 nitrogen and oxygen atoms in total. The summed E-state index contributed by atoms with van der Waals surface area (Å²) in [5.41, 5.74) is 2.53. The summed E-state index contributed by atoms with van der Waals surface area (Å²) in [4.78, 5) is 22.8. The van der Waals surface area contributed by atoms with Crippen molar-refractivity contribution in [3.05, 3.63) is 65.2 Å². The average Bonchev–Trinajstić information content (AvgIpc) is 2.64. The van der Waals surface area contributed by atoms with E-state index in [1.807, 2.05) is 24.3 Å². The minimum absolute atomic E-state index is 0.100. The van der Waals surface area contributed by atoms with Gasteiger partial charge >= 0.3 is 0 Å². The summed E-state index contributed by atoms with van der Waals surface area (Å²) < 4.78 is 10.3. The van der Waals surface area contributed by atoms with Crippen LogP contribution in [0.4, 0.5) is 0 Å². The quantitative estimate of drug-likeness (QED) is 0.539. The van der Waals surface area contributed by atoms with Crippen LogP contribution in [-0.4, -0.2) is 25.5 Å². The van der Waals surface area contributed by atoms with Gasteiger partial charge in [0, 0.05) is 5.56 Å². The lowest BCUT2D eigenvalue weighted by molar-refractivity contribution is -0.307. The zero-order valence-electron chi connectivity index (χ0n) is 15.0. The monoisotopic (exact) mass is 353 g/mol. The number of carboxylic acids is 1. The number of methoxy groups -OCH3 is 1. The van der Waals surface area contributed by atoms with Gasteiger partial charge in [0.2, 0.25) is 0 Å². The molecule has 26 heavy (non-hydrogen) atoms.